The standard InChI is InChI=1S/C18H20O2Te/c19-18(14-20-13-17-9-5-2-6-10-17)15-21-12-11-16-7-3-1-4-8-16/h1-12,18-19H,13-15H2/b12-11-. The first-order valence-electron chi connectivity index (χ1n) is 6.97. The van der Waals surface area contributed by atoms with Crippen LogP contribution in [0.25, 0.3) is 6.08 Å². The van der Waals surface area contributed by atoms with E-state index in [1.165, 1.54) is 5.56 Å². The summed E-state index contributed by atoms with van der Waals surface area (Å²) in [7, 11) is 0. The summed E-state index contributed by atoms with van der Waals surface area (Å²) < 4.78 is 8.62. The molecule has 0 aromatic heterocycles. The Morgan fingerprint density at radius 1 is 1.00 bits per heavy atom. The molecule has 2 nitrogen and oxygen atoms in total. The number of rotatable bonds is 8. The molecule has 2 aromatic carbocycles. The summed E-state index contributed by atoms with van der Waals surface area (Å²) in [5, 5.41) is 9.90. The van der Waals surface area contributed by atoms with Gasteiger partial charge in [0, 0.05) is 0 Å². The number of aliphatic hydroxyl groups is 1. The molecule has 1 N–H and O–H groups in total. The van der Waals surface area contributed by atoms with Gasteiger partial charge >= 0.3 is 137 Å². The van der Waals surface area contributed by atoms with Gasteiger partial charge in [-0.25, -0.2) is 0 Å². The van der Waals surface area contributed by atoms with Gasteiger partial charge < -0.3 is 0 Å². The topological polar surface area (TPSA) is 29.5 Å². The van der Waals surface area contributed by atoms with Crippen LogP contribution in [-0.4, -0.2) is 38.7 Å². The van der Waals surface area contributed by atoms with E-state index in [0.717, 1.165) is 10.0 Å². The third-order valence-corrected chi connectivity index (χ3v) is 5.45. The van der Waals surface area contributed by atoms with Crippen LogP contribution < -0.4 is 0 Å². The molecule has 0 saturated heterocycles. The van der Waals surface area contributed by atoms with E-state index >= 15 is 0 Å². The van der Waals surface area contributed by atoms with Gasteiger partial charge in [0.25, 0.3) is 0 Å². The Labute approximate surface area is 136 Å². The summed E-state index contributed by atoms with van der Waals surface area (Å²) in [6.07, 6.45) is 1.79. The van der Waals surface area contributed by atoms with Gasteiger partial charge in [-0.3, -0.25) is 0 Å². The molecule has 0 aliphatic heterocycles. The predicted octanol–water partition coefficient (Wildman–Crippen LogP) is 3.36. The summed E-state index contributed by atoms with van der Waals surface area (Å²) in [5.41, 5.74) is 2.36. The summed E-state index contributed by atoms with van der Waals surface area (Å²) in [4.78, 5) is 0. The van der Waals surface area contributed by atoms with Crippen LogP contribution in [0.3, 0.4) is 0 Å². The van der Waals surface area contributed by atoms with Crippen molar-refractivity contribution in [2.75, 3.05) is 6.61 Å². The molecule has 2 rings (SSSR count). The van der Waals surface area contributed by atoms with Crippen LogP contribution in [0.15, 0.2) is 64.8 Å². The monoisotopic (exact) mass is 398 g/mol. The van der Waals surface area contributed by atoms with Crippen molar-refractivity contribution in [3.8, 4) is 0 Å². The molecule has 1 atom stereocenters. The molecule has 110 valence electrons. The molecule has 0 spiro atoms. The average molecular weight is 396 g/mol. The third-order valence-electron chi connectivity index (χ3n) is 2.87. The van der Waals surface area contributed by atoms with Crippen molar-refractivity contribution in [3.05, 3.63) is 75.9 Å². The fourth-order valence-corrected chi connectivity index (χ4v) is 3.74. The molecule has 0 aliphatic rings. The number of hydrogen-bond donors (Lipinski definition) is 1. The molecule has 21 heavy (non-hydrogen) atoms. The van der Waals surface area contributed by atoms with Gasteiger partial charge in [-0.15, -0.1) is 0 Å². The van der Waals surface area contributed by atoms with Crippen molar-refractivity contribution >= 4 is 27.0 Å². The molecule has 3 heteroatoms. The van der Waals surface area contributed by atoms with E-state index in [4.69, 9.17) is 4.74 Å². The summed E-state index contributed by atoms with van der Waals surface area (Å²) >= 11 is -0.302. The molecule has 0 heterocycles. The maximum atomic E-state index is 9.90. The first-order chi connectivity index (χ1) is 10.3. The number of hydrogen-bond acceptors (Lipinski definition) is 2. The van der Waals surface area contributed by atoms with E-state index in [1.54, 1.807) is 0 Å². The van der Waals surface area contributed by atoms with Crippen LogP contribution in [0.5, 0.6) is 0 Å². The Morgan fingerprint density at radius 2 is 1.67 bits per heavy atom. The fraction of sp³-hybridized carbons (Fsp3) is 0.222. The Balaban J connectivity index is 1.59. The Kier molecular flexibility index (Phi) is 7.56. The number of aliphatic hydroxyl groups excluding tert-OH is 1. The predicted molar refractivity (Wildman–Crippen MR) is 88.1 cm³/mol. The summed E-state index contributed by atoms with van der Waals surface area (Å²) in [6, 6.07) is 20.3. The van der Waals surface area contributed by atoms with Crippen molar-refractivity contribution in [1.29, 1.82) is 0 Å². The first-order valence-corrected chi connectivity index (χ1v) is 9.97. The Morgan fingerprint density at radius 3 is 2.38 bits per heavy atom. The normalized spacial score (nSPS) is 12.6. The SMILES string of the molecule is OC(COCc1ccccc1)C[Te]/C=C\c1ccccc1. The minimum absolute atomic E-state index is 0.302. The van der Waals surface area contributed by atoms with E-state index in [0.29, 0.717) is 13.2 Å². The second-order valence-electron chi connectivity index (χ2n) is 4.70. The average Bonchev–Trinajstić information content (AvgIpc) is 2.54. The van der Waals surface area contributed by atoms with E-state index in [1.807, 2.05) is 48.5 Å². The van der Waals surface area contributed by atoms with Crippen molar-refractivity contribution in [1.82, 2.24) is 0 Å². The number of benzene rings is 2. The molecule has 0 radical (unpaired) electrons. The Bertz CT molecular complexity index is 525. The zero-order valence-corrected chi connectivity index (χ0v) is 14.2. The second kappa shape index (κ2) is 9.76. The second-order valence-corrected chi connectivity index (χ2v) is 7.38. The van der Waals surface area contributed by atoms with Gasteiger partial charge in [0.15, 0.2) is 0 Å². The van der Waals surface area contributed by atoms with Gasteiger partial charge in [-0.1, -0.05) is 0 Å². The zero-order valence-electron chi connectivity index (χ0n) is 11.9. The van der Waals surface area contributed by atoms with Crippen LogP contribution in [0, 0.1) is 0 Å². The van der Waals surface area contributed by atoms with Crippen LogP contribution >= 0.6 is 0 Å². The quantitative estimate of drug-likeness (QED) is 0.694. The first kappa shape index (κ1) is 16.3. The van der Waals surface area contributed by atoms with E-state index in [2.05, 4.69) is 22.3 Å². The van der Waals surface area contributed by atoms with Crippen LogP contribution in [-0.2, 0) is 11.3 Å². The minimum atomic E-state index is -0.350. The van der Waals surface area contributed by atoms with Gasteiger partial charge in [0.05, 0.1) is 0 Å². The van der Waals surface area contributed by atoms with Crippen molar-refractivity contribution in [3.63, 3.8) is 0 Å². The zero-order chi connectivity index (χ0) is 14.8. The molecule has 0 bridgehead atoms. The Hall–Kier alpha value is -1.11. The van der Waals surface area contributed by atoms with Crippen LogP contribution in [0.2, 0.25) is 4.47 Å². The summed E-state index contributed by atoms with van der Waals surface area (Å²) in [6.45, 7) is 0.983. The van der Waals surface area contributed by atoms with E-state index in [-0.39, 0.29) is 27.0 Å². The van der Waals surface area contributed by atoms with E-state index < -0.39 is 0 Å². The van der Waals surface area contributed by atoms with Crippen molar-refractivity contribution in [2.45, 2.75) is 17.2 Å². The van der Waals surface area contributed by atoms with Crippen LogP contribution in [0.1, 0.15) is 11.1 Å². The van der Waals surface area contributed by atoms with Crippen LogP contribution in [0.4, 0.5) is 0 Å². The van der Waals surface area contributed by atoms with Crippen molar-refractivity contribution in [2.24, 2.45) is 0 Å². The van der Waals surface area contributed by atoms with Gasteiger partial charge in [-0.2, -0.15) is 0 Å². The van der Waals surface area contributed by atoms with Crippen molar-refractivity contribution < 1.29 is 9.84 Å². The van der Waals surface area contributed by atoms with Gasteiger partial charge in [-0.05, 0) is 0 Å². The molecule has 1 unspecified atom stereocenters. The molecule has 0 aliphatic carbocycles. The third kappa shape index (κ3) is 6.93. The molecule has 0 fully saturated rings. The fourth-order valence-electron chi connectivity index (χ4n) is 1.79. The van der Waals surface area contributed by atoms with E-state index in [9.17, 15) is 5.11 Å². The van der Waals surface area contributed by atoms with Gasteiger partial charge in [0.2, 0.25) is 0 Å². The maximum absolute atomic E-state index is 9.90. The molecule has 0 amide bonds. The molecule has 2 aromatic rings. The molecular weight excluding hydrogens is 376 g/mol. The molecule has 0 saturated carbocycles. The molecular formula is C18H20O2Te. The number of ether oxygens (including phenoxy) is 1. The van der Waals surface area contributed by atoms with Gasteiger partial charge in [0.1, 0.15) is 0 Å². The summed E-state index contributed by atoms with van der Waals surface area (Å²) in [5.74, 6) is 0.